The number of hydrogen-bond acceptors (Lipinski definition) is 5. The lowest BCUT2D eigenvalue weighted by atomic mass is 9.86. The van der Waals surface area contributed by atoms with Gasteiger partial charge in [0.05, 0.1) is 17.2 Å². The molecule has 1 saturated carbocycles. The lowest BCUT2D eigenvalue weighted by Crippen LogP contribution is -2.25. The predicted molar refractivity (Wildman–Crippen MR) is 127 cm³/mol. The Morgan fingerprint density at radius 3 is 2.51 bits per heavy atom. The van der Waals surface area contributed by atoms with Crippen LogP contribution in [-0.2, 0) is 11.8 Å². The zero-order valence-electron chi connectivity index (χ0n) is 20.0. The van der Waals surface area contributed by atoms with Crippen molar-refractivity contribution in [1.82, 2.24) is 20.1 Å². The van der Waals surface area contributed by atoms with E-state index >= 15 is 0 Å². The number of aromatic nitrogens is 3. The molecule has 0 atom stereocenters. The van der Waals surface area contributed by atoms with Gasteiger partial charge < -0.3 is 15.7 Å². The van der Waals surface area contributed by atoms with Gasteiger partial charge in [-0.3, -0.25) is 9.48 Å². The number of aliphatic hydroxyl groups is 1. The van der Waals surface area contributed by atoms with E-state index in [0.717, 1.165) is 49.7 Å². The highest BCUT2D eigenvalue weighted by molar-refractivity contribution is 6.04. The van der Waals surface area contributed by atoms with Crippen molar-refractivity contribution < 1.29 is 23.1 Å². The van der Waals surface area contributed by atoms with Crippen LogP contribution in [-0.4, -0.2) is 39.4 Å². The second-order valence-electron chi connectivity index (χ2n) is 9.72. The van der Waals surface area contributed by atoms with Crippen LogP contribution < -0.4 is 10.6 Å². The van der Waals surface area contributed by atoms with E-state index in [0.29, 0.717) is 22.7 Å². The fourth-order valence-corrected chi connectivity index (χ4v) is 4.70. The summed E-state index contributed by atoms with van der Waals surface area (Å²) in [6, 6.07) is 6.85. The van der Waals surface area contributed by atoms with Crippen molar-refractivity contribution in [2.24, 2.45) is 5.92 Å². The number of carbonyl (C=O) groups is 1. The molecule has 2 aromatic heterocycles. The van der Waals surface area contributed by atoms with Gasteiger partial charge in [0.2, 0.25) is 0 Å². The van der Waals surface area contributed by atoms with Gasteiger partial charge in [-0.15, -0.1) is 0 Å². The Labute approximate surface area is 201 Å². The summed E-state index contributed by atoms with van der Waals surface area (Å²) >= 11 is 0. The molecule has 1 aliphatic rings. The topological polar surface area (TPSA) is 92.1 Å². The highest BCUT2D eigenvalue weighted by atomic mass is 19.4. The zero-order valence-corrected chi connectivity index (χ0v) is 20.0. The fraction of sp³-hybridized carbons (Fsp3) is 0.480. The van der Waals surface area contributed by atoms with E-state index in [4.69, 9.17) is 5.10 Å². The van der Waals surface area contributed by atoms with E-state index in [1.54, 1.807) is 26.0 Å². The Bertz CT molecular complexity index is 1210. The number of hydrogen-bond donors (Lipinski definition) is 3. The summed E-state index contributed by atoms with van der Waals surface area (Å²) in [5.41, 5.74) is -1.45. The van der Waals surface area contributed by atoms with E-state index in [1.807, 2.05) is 17.9 Å². The molecule has 0 saturated heterocycles. The van der Waals surface area contributed by atoms with E-state index < -0.39 is 23.4 Å². The molecule has 0 aliphatic heterocycles. The fourth-order valence-electron chi connectivity index (χ4n) is 4.70. The number of nitrogens with one attached hydrogen (secondary N) is 2. The van der Waals surface area contributed by atoms with Crippen LogP contribution in [0.1, 0.15) is 67.3 Å². The molecule has 188 valence electrons. The maximum atomic E-state index is 13.0. The largest absolute Gasteiger partial charge is 0.433 e. The number of carbonyl (C=O) groups excluding carboxylic acids is 1. The summed E-state index contributed by atoms with van der Waals surface area (Å²) in [6.45, 7) is 4.16. The van der Waals surface area contributed by atoms with Crippen LogP contribution in [0.2, 0.25) is 0 Å². The number of halogens is 3. The lowest BCUT2D eigenvalue weighted by molar-refractivity contribution is -0.141. The number of nitrogens with zero attached hydrogens (tertiary/aromatic N) is 3. The van der Waals surface area contributed by atoms with Crippen molar-refractivity contribution in [3.63, 3.8) is 0 Å². The average molecular weight is 490 g/mol. The first kappa shape index (κ1) is 25.1. The number of amides is 1. The molecular formula is C25H30F3N5O2. The van der Waals surface area contributed by atoms with Gasteiger partial charge in [-0.25, -0.2) is 4.98 Å². The van der Waals surface area contributed by atoms with Crippen LogP contribution in [0.4, 0.5) is 18.9 Å². The maximum Gasteiger partial charge on any atom is 0.433 e. The average Bonchev–Trinajstić information content (AvgIpc) is 3.21. The van der Waals surface area contributed by atoms with Crippen molar-refractivity contribution in [2.45, 2.75) is 57.3 Å². The molecule has 35 heavy (non-hydrogen) atoms. The minimum Gasteiger partial charge on any atom is -0.386 e. The molecule has 10 heteroatoms. The van der Waals surface area contributed by atoms with Crippen LogP contribution in [0, 0.1) is 5.92 Å². The number of anilines is 1. The number of fused-ring (bicyclic) bond motifs is 1. The van der Waals surface area contributed by atoms with Gasteiger partial charge in [0.25, 0.3) is 5.91 Å². The van der Waals surface area contributed by atoms with Crippen LogP contribution >= 0.6 is 0 Å². The van der Waals surface area contributed by atoms with E-state index in [-0.39, 0.29) is 11.7 Å². The Hall–Kier alpha value is -2.98. The Morgan fingerprint density at radius 2 is 1.89 bits per heavy atom. The highest BCUT2D eigenvalue weighted by Crippen LogP contribution is 2.35. The number of alkyl halides is 3. The van der Waals surface area contributed by atoms with Crippen LogP contribution in [0.5, 0.6) is 0 Å². The van der Waals surface area contributed by atoms with Gasteiger partial charge in [-0.2, -0.15) is 18.3 Å². The summed E-state index contributed by atoms with van der Waals surface area (Å²) in [5, 5.41) is 22.1. The standard InChI is InChI=1S/C25H30F3N5O2/c1-24(2,35)18-12-20-16(14-33(32-20)17-9-7-15(8-10-17)13-29-3)11-21(18)31-23(34)19-5-4-6-22(30-19)25(26,27)28/h4-6,11-12,14-15,17,29,35H,7-10,13H2,1-3H3,(H,31,34)/t15-,17-. The summed E-state index contributed by atoms with van der Waals surface area (Å²) in [6.07, 6.45) is 1.52. The minimum atomic E-state index is -4.66. The lowest BCUT2D eigenvalue weighted by Gasteiger charge is -2.28. The Morgan fingerprint density at radius 1 is 1.17 bits per heavy atom. The van der Waals surface area contributed by atoms with Gasteiger partial charge in [0.15, 0.2) is 0 Å². The molecule has 2 heterocycles. The highest BCUT2D eigenvalue weighted by Gasteiger charge is 2.33. The maximum absolute atomic E-state index is 13.0. The van der Waals surface area contributed by atoms with Crippen molar-refractivity contribution >= 4 is 22.5 Å². The molecule has 0 spiro atoms. The molecule has 7 nitrogen and oxygen atoms in total. The minimum absolute atomic E-state index is 0.272. The van der Waals surface area contributed by atoms with E-state index in [1.165, 1.54) is 6.07 Å². The molecule has 1 aliphatic carbocycles. The van der Waals surface area contributed by atoms with Crippen molar-refractivity contribution in [3.05, 3.63) is 53.5 Å². The summed E-state index contributed by atoms with van der Waals surface area (Å²) < 4.78 is 41.0. The van der Waals surface area contributed by atoms with Crippen LogP contribution in [0.3, 0.4) is 0 Å². The van der Waals surface area contributed by atoms with E-state index in [2.05, 4.69) is 15.6 Å². The molecule has 1 amide bonds. The third-order valence-corrected chi connectivity index (χ3v) is 6.52. The molecule has 0 bridgehead atoms. The summed E-state index contributed by atoms with van der Waals surface area (Å²) in [4.78, 5) is 16.3. The SMILES string of the molecule is CNC[C@H]1CC[C@H](n2cc3cc(NC(=O)c4cccc(C(F)(F)F)n4)c(C(C)(C)O)cc3n2)CC1. The predicted octanol–water partition coefficient (Wildman–Crippen LogP) is 4.88. The third-order valence-electron chi connectivity index (χ3n) is 6.52. The summed E-state index contributed by atoms with van der Waals surface area (Å²) in [5.74, 6) is -0.134. The summed E-state index contributed by atoms with van der Waals surface area (Å²) in [7, 11) is 1.96. The van der Waals surface area contributed by atoms with Gasteiger partial charge >= 0.3 is 6.18 Å². The Balaban J connectivity index is 1.63. The third kappa shape index (κ3) is 5.65. The number of benzene rings is 1. The molecule has 3 aromatic rings. The molecule has 3 N–H and O–H groups in total. The number of rotatable bonds is 6. The van der Waals surface area contributed by atoms with Gasteiger partial charge in [0.1, 0.15) is 11.4 Å². The van der Waals surface area contributed by atoms with Gasteiger partial charge in [-0.05, 0) is 83.3 Å². The van der Waals surface area contributed by atoms with E-state index in [9.17, 15) is 23.1 Å². The number of pyridine rings is 1. The second kappa shape index (κ2) is 9.58. The van der Waals surface area contributed by atoms with Crippen molar-refractivity contribution in [2.75, 3.05) is 18.9 Å². The molecule has 1 fully saturated rings. The van der Waals surface area contributed by atoms with Crippen molar-refractivity contribution in [3.8, 4) is 0 Å². The van der Waals surface area contributed by atoms with Crippen molar-refractivity contribution in [1.29, 1.82) is 0 Å². The normalized spacial score (nSPS) is 19.2. The molecular weight excluding hydrogens is 459 g/mol. The first-order chi connectivity index (χ1) is 16.5. The molecule has 0 radical (unpaired) electrons. The van der Waals surface area contributed by atoms with Gasteiger partial charge in [-0.1, -0.05) is 6.07 Å². The smallest absolute Gasteiger partial charge is 0.386 e. The Kier molecular flexibility index (Phi) is 6.88. The van der Waals surface area contributed by atoms with Crippen LogP contribution in [0.25, 0.3) is 10.9 Å². The molecule has 1 aromatic carbocycles. The molecule has 4 rings (SSSR count). The first-order valence-electron chi connectivity index (χ1n) is 11.7. The zero-order chi connectivity index (χ0) is 25.4. The monoisotopic (exact) mass is 489 g/mol. The quantitative estimate of drug-likeness (QED) is 0.459. The van der Waals surface area contributed by atoms with Crippen LogP contribution in [0.15, 0.2) is 36.5 Å². The van der Waals surface area contributed by atoms with Gasteiger partial charge in [0, 0.05) is 22.8 Å². The second-order valence-corrected chi connectivity index (χ2v) is 9.72. The molecule has 0 unspecified atom stereocenters. The first-order valence-corrected chi connectivity index (χ1v) is 11.7.